The summed E-state index contributed by atoms with van der Waals surface area (Å²) in [4.78, 5) is 12.8. The molecule has 0 aliphatic rings. The second kappa shape index (κ2) is 8.07. The lowest BCUT2D eigenvalue weighted by Crippen LogP contribution is -2.58. The molecule has 4 heteroatoms. The molecule has 0 heterocycles. The molecular weight excluding hydrogens is 372 g/mol. The Hall–Kier alpha value is -2.78. The summed E-state index contributed by atoms with van der Waals surface area (Å²) >= 11 is 6.07. The summed E-state index contributed by atoms with van der Waals surface area (Å²) in [6.45, 7) is 3.65. The van der Waals surface area contributed by atoms with Crippen molar-refractivity contribution in [2.24, 2.45) is 0 Å². The van der Waals surface area contributed by atoms with Crippen LogP contribution in [0.1, 0.15) is 25.0 Å². The highest BCUT2D eigenvalue weighted by molar-refractivity contribution is 6.30. The van der Waals surface area contributed by atoms with Gasteiger partial charge < -0.3 is 9.84 Å². The van der Waals surface area contributed by atoms with E-state index in [9.17, 15) is 9.90 Å². The van der Waals surface area contributed by atoms with E-state index in [0.29, 0.717) is 16.3 Å². The molecule has 1 atom stereocenters. The van der Waals surface area contributed by atoms with Crippen LogP contribution in [0.25, 0.3) is 0 Å². The first-order valence-electron chi connectivity index (χ1n) is 9.12. The number of halogens is 1. The van der Waals surface area contributed by atoms with Crippen molar-refractivity contribution in [2.45, 2.75) is 31.3 Å². The number of carboxylic acids is 1. The van der Waals surface area contributed by atoms with E-state index in [1.165, 1.54) is 0 Å². The number of rotatable bonds is 7. The van der Waals surface area contributed by atoms with Crippen LogP contribution in [-0.2, 0) is 16.6 Å². The number of carboxylic acid groups (broad SMARTS) is 1. The maximum Gasteiger partial charge on any atom is 0.318 e. The lowest BCUT2D eigenvalue weighted by atomic mass is 9.65. The SMILES string of the molecule is CC(C)(Oc1ccccc1)C(Cc1ccccc1)(C(=O)O)c1ccc(Cl)cc1. The Labute approximate surface area is 170 Å². The standard InChI is InChI=1S/C24H23ClO3/c1-23(2,28-21-11-7-4-8-12-21)24(22(26)27,17-18-9-5-3-6-10-18)19-13-15-20(25)16-14-19/h3-16H,17H2,1-2H3,(H,26,27). The van der Waals surface area contributed by atoms with Crippen LogP contribution in [0.2, 0.25) is 5.02 Å². The molecule has 28 heavy (non-hydrogen) atoms. The molecule has 1 unspecified atom stereocenters. The van der Waals surface area contributed by atoms with Crippen molar-refractivity contribution < 1.29 is 14.6 Å². The summed E-state index contributed by atoms with van der Waals surface area (Å²) in [5.41, 5.74) is -0.808. The zero-order valence-corrected chi connectivity index (χ0v) is 16.7. The van der Waals surface area contributed by atoms with Crippen molar-refractivity contribution in [3.05, 3.63) is 101 Å². The summed E-state index contributed by atoms with van der Waals surface area (Å²) in [7, 11) is 0. The molecule has 0 bridgehead atoms. The summed E-state index contributed by atoms with van der Waals surface area (Å²) in [5.74, 6) is -0.320. The first-order chi connectivity index (χ1) is 13.3. The van der Waals surface area contributed by atoms with E-state index in [4.69, 9.17) is 16.3 Å². The van der Waals surface area contributed by atoms with E-state index < -0.39 is 17.0 Å². The van der Waals surface area contributed by atoms with Crippen LogP contribution < -0.4 is 4.74 Å². The van der Waals surface area contributed by atoms with E-state index in [1.807, 2.05) is 74.5 Å². The molecule has 0 aliphatic heterocycles. The fraction of sp³-hybridized carbons (Fsp3) is 0.208. The minimum absolute atomic E-state index is 0.282. The van der Waals surface area contributed by atoms with Crippen LogP contribution in [0.4, 0.5) is 0 Å². The van der Waals surface area contributed by atoms with Crippen LogP contribution in [0.3, 0.4) is 0 Å². The predicted octanol–water partition coefficient (Wildman–Crippen LogP) is 5.76. The van der Waals surface area contributed by atoms with E-state index in [1.54, 1.807) is 24.3 Å². The molecule has 3 aromatic rings. The van der Waals surface area contributed by atoms with Crippen LogP contribution in [0.15, 0.2) is 84.9 Å². The molecule has 0 radical (unpaired) electrons. The lowest BCUT2D eigenvalue weighted by Gasteiger charge is -2.44. The van der Waals surface area contributed by atoms with Gasteiger partial charge in [0.2, 0.25) is 0 Å². The average molecular weight is 395 g/mol. The van der Waals surface area contributed by atoms with Gasteiger partial charge in [-0.15, -0.1) is 0 Å². The molecule has 3 aromatic carbocycles. The minimum Gasteiger partial charge on any atom is -0.486 e. The third kappa shape index (κ3) is 3.90. The summed E-state index contributed by atoms with van der Waals surface area (Å²) < 4.78 is 6.27. The third-order valence-electron chi connectivity index (χ3n) is 5.16. The Balaban J connectivity index is 2.16. The maximum absolute atomic E-state index is 12.8. The molecule has 3 nitrogen and oxygen atoms in total. The van der Waals surface area contributed by atoms with Crippen molar-refractivity contribution in [3.63, 3.8) is 0 Å². The molecule has 0 aliphatic carbocycles. The Morgan fingerprint density at radius 1 is 0.893 bits per heavy atom. The summed E-state index contributed by atoms with van der Waals surface area (Å²) in [6, 6.07) is 25.9. The number of para-hydroxylation sites is 1. The highest BCUT2D eigenvalue weighted by atomic mass is 35.5. The zero-order chi connectivity index (χ0) is 20.2. The van der Waals surface area contributed by atoms with Gasteiger partial charge in [0.25, 0.3) is 0 Å². The second-order valence-corrected chi connectivity index (χ2v) is 7.74. The zero-order valence-electron chi connectivity index (χ0n) is 15.9. The smallest absolute Gasteiger partial charge is 0.318 e. The normalized spacial score (nSPS) is 13.5. The summed E-state index contributed by atoms with van der Waals surface area (Å²) in [6.07, 6.45) is 0.282. The van der Waals surface area contributed by atoms with E-state index in [2.05, 4.69) is 0 Å². The van der Waals surface area contributed by atoms with Crippen molar-refractivity contribution >= 4 is 17.6 Å². The van der Waals surface area contributed by atoms with Gasteiger partial charge in [0.1, 0.15) is 16.8 Å². The number of aliphatic carboxylic acids is 1. The fourth-order valence-corrected chi connectivity index (χ4v) is 3.75. The molecule has 0 fully saturated rings. The quantitative estimate of drug-likeness (QED) is 0.553. The van der Waals surface area contributed by atoms with Gasteiger partial charge in [-0.05, 0) is 55.7 Å². The minimum atomic E-state index is -1.32. The van der Waals surface area contributed by atoms with Crippen molar-refractivity contribution in [3.8, 4) is 5.75 Å². The van der Waals surface area contributed by atoms with Gasteiger partial charge in [-0.3, -0.25) is 4.79 Å². The third-order valence-corrected chi connectivity index (χ3v) is 5.41. The largest absolute Gasteiger partial charge is 0.486 e. The Kier molecular flexibility index (Phi) is 5.76. The second-order valence-electron chi connectivity index (χ2n) is 7.31. The van der Waals surface area contributed by atoms with Gasteiger partial charge in [0.05, 0.1) is 0 Å². The van der Waals surface area contributed by atoms with Gasteiger partial charge in [0.15, 0.2) is 0 Å². The molecule has 3 rings (SSSR count). The summed E-state index contributed by atoms with van der Waals surface area (Å²) in [5, 5.41) is 11.1. The molecule has 0 saturated carbocycles. The number of ether oxygens (including phenoxy) is 1. The molecule has 1 N–H and O–H groups in total. The Morgan fingerprint density at radius 3 is 1.96 bits per heavy atom. The highest BCUT2D eigenvalue weighted by Crippen LogP contribution is 2.42. The number of hydrogen-bond donors (Lipinski definition) is 1. The van der Waals surface area contributed by atoms with Gasteiger partial charge in [-0.2, -0.15) is 0 Å². The number of benzene rings is 3. The van der Waals surface area contributed by atoms with Gasteiger partial charge in [-0.25, -0.2) is 0 Å². The number of hydrogen-bond acceptors (Lipinski definition) is 2. The Bertz CT molecular complexity index is 921. The highest BCUT2D eigenvalue weighted by Gasteiger charge is 2.54. The van der Waals surface area contributed by atoms with Gasteiger partial charge in [-0.1, -0.05) is 72.3 Å². The van der Waals surface area contributed by atoms with Crippen LogP contribution >= 0.6 is 11.6 Å². The maximum atomic E-state index is 12.8. The van der Waals surface area contributed by atoms with Crippen molar-refractivity contribution in [2.75, 3.05) is 0 Å². The molecule has 144 valence electrons. The molecule has 0 spiro atoms. The van der Waals surface area contributed by atoms with Crippen LogP contribution in [-0.4, -0.2) is 16.7 Å². The monoisotopic (exact) mass is 394 g/mol. The number of carbonyl (C=O) groups is 1. The van der Waals surface area contributed by atoms with E-state index >= 15 is 0 Å². The lowest BCUT2D eigenvalue weighted by molar-refractivity contribution is -0.152. The van der Waals surface area contributed by atoms with Crippen LogP contribution in [0, 0.1) is 0 Å². The first kappa shape index (κ1) is 20.0. The molecule has 0 amide bonds. The molecule has 0 saturated heterocycles. The van der Waals surface area contributed by atoms with Gasteiger partial charge >= 0.3 is 5.97 Å². The molecular formula is C24H23ClO3. The predicted molar refractivity (Wildman–Crippen MR) is 112 cm³/mol. The van der Waals surface area contributed by atoms with Crippen molar-refractivity contribution in [1.82, 2.24) is 0 Å². The topological polar surface area (TPSA) is 46.5 Å². The molecule has 0 aromatic heterocycles. The Morgan fingerprint density at radius 2 is 1.43 bits per heavy atom. The average Bonchev–Trinajstić information content (AvgIpc) is 2.68. The van der Waals surface area contributed by atoms with E-state index in [-0.39, 0.29) is 6.42 Å². The fourth-order valence-electron chi connectivity index (χ4n) is 3.63. The van der Waals surface area contributed by atoms with Crippen molar-refractivity contribution in [1.29, 1.82) is 0 Å². The van der Waals surface area contributed by atoms with E-state index in [0.717, 1.165) is 5.56 Å². The van der Waals surface area contributed by atoms with Gasteiger partial charge in [0, 0.05) is 5.02 Å². The van der Waals surface area contributed by atoms with Crippen LogP contribution in [0.5, 0.6) is 5.75 Å². The first-order valence-corrected chi connectivity index (χ1v) is 9.50.